The van der Waals surface area contributed by atoms with Crippen molar-refractivity contribution in [1.82, 2.24) is 9.80 Å². The number of rotatable bonds is 4. The molecule has 1 atom stereocenters. The summed E-state index contributed by atoms with van der Waals surface area (Å²) < 4.78 is 14.7. The van der Waals surface area contributed by atoms with E-state index in [1.165, 1.54) is 34.1 Å². The lowest BCUT2D eigenvalue weighted by molar-refractivity contribution is -0.133. The van der Waals surface area contributed by atoms with Crippen molar-refractivity contribution in [2.75, 3.05) is 31.1 Å². The van der Waals surface area contributed by atoms with E-state index in [4.69, 9.17) is 17.3 Å². The third-order valence-electron chi connectivity index (χ3n) is 6.58. The SMILES string of the molecule is CC(C)(C)CC(=O)N1CCC2C(=O)N(CC(N)=O)c3ccc(-c4ccc(Cl)cc4F)cc3C(=O)N2CC1. The van der Waals surface area contributed by atoms with Crippen LogP contribution in [-0.4, -0.2) is 65.6 Å². The Morgan fingerprint density at radius 1 is 1.05 bits per heavy atom. The summed E-state index contributed by atoms with van der Waals surface area (Å²) in [7, 11) is 0. The van der Waals surface area contributed by atoms with Crippen molar-refractivity contribution in [3.63, 3.8) is 0 Å². The number of fused-ring (bicyclic) bond motifs is 2. The van der Waals surface area contributed by atoms with Crippen molar-refractivity contribution in [1.29, 1.82) is 0 Å². The third kappa shape index (κ3) is 5.61. The molecule has 196 valence electrons. The Balaban J connectivity index is 1.75. The van der Waals surface area contributed by atoms with Gasteiger partial charge in [0.25, 0.3) is 5.91 Å². The van der Waals surface area contributed by atoms with E-state index in [-0.39, 0.29) is 52.7 Å². The van der Waals surface area contributed by atoms with Gasteiger partial charge in [-0.1, -0.05) is 38.4 Å². The number of hydrogen-bond donors (Lipinski definition) is 1. The molecule has 0 radical (unpaired) electrons. The lowest BCUT2D eigenvalue weighted by Crippen LogP contribution is -2.50. The summed E-state index contributed by atoms with van der Waals surface area (Å²) in [6.45, 7) is 6.24. The zero-order chi connectivity index (χ0) is 27.1. The minimum Gasteiger partial charge on any atom is -0.368 e. The number of amides is 4. The predicted molar refractivity (Wildman–Crippen MR) is 138 cm³/mol. The Labute approximate surface area is 220 Å². The Morgan fingerprint density at radius 2 is 1.78 bits per heavy atom. The fraction of sp³-hybridized carbons (Fsp3) is 0.407. The molecule has 2 aromatic rings. The Bertz CT molecular complexity index is 1280. The van der Waals surface area contributed by atoms with Gasteiger partial charge in [-0.15, -0.1) is 0 Å². The van der Waals surface area contributed by atoms with Crippen molar-refractivity contribution >= 4 is 40.9 Å². The summed E-state index contributed by atoms with van der Waals surface area (Å²) in [5.41, 5.74) is 6.30. The van der Waals surface area contributed by atoms with Gasteiger partial charge >= 0.3 is 0 Å². The molecule has 0 aliphatic carbocycles. The van der Waals surface area contributed by atoms with Crippen LogP contribution >= 0.6 is 11.6 Å². The maximum Gasteiger partial charge on any atom is 0.256 e. The molecule has 4 amide bonds. The molecular formula is C27H30ClFN4O4. The number of carbonyl (C=O) groups excluding carboxylic acids is 4. The zero-order valence-electron chi connectivity index (χ0n) is 21.1. The van der Waals surface area contributed by atoms with E-state index in [2.05, 4.69) is 0 Å². The van der Waals surface area contributed by atoms with Crippen LogP contribution in [0.15, 0.2) is 36.4 Å². The molecule has 2 aromatic carbocycles. The number of halogens is 2. The van der Waals surface area contributed by atoms with Gasteiger partial charge in [0, 0.05) is 36.6 Å². The van der Waals surface area contributed by atoms with E-state index >= 15 is 0 Å². The van der Waals surface area contributed by atoms with Gasteiger partial charge in [0.2, 0.25) is 17.7 Å². The summed E-state index contributed by atoms with van der Waals surface area (Å²) in [6, 6.07) is 8.00. The Hall–Kier alpha value is -3.46. The van der Waals surface area contributed by atoms with E-state index in [0.29, 0.717) is 18.5 Å². The summed E-state index contributed by atoms with van der Waals surface area (Å²) in [5, 5.41) is 0.239. The molecular weight excluding hydrogens is 499 g/mol. The molecule has 37 heavy (non-hydrogen) atoms. The van der Waals surface area contributed by atoms with E-state index in [9.17, 15) is 23.6 Å². The minimum atomic E-state index is -0.873. The lowest BCUT2D eigenvalue weighted by atomic mass is 9.91. The Kier molecular flexibility index (Phi) is 7.28. The van der Waals surface area contributed by atoms with Crippen LogP contribution in [0.1, 0.15) is 44.0 Å². The first-order chi connectivity index (χ1) is 17.4. The number of benzene rings is 2. The van der Waals surface area contributed by atoms with E-state index in [0.717, 1.165) is 0 Å². The number of carbonyl (C=O) groups is 4. The predicted octanol–water partition coefficient (Wildman–Crippen LogP) is 3.46. The quantitative estimate of drug-likeness (QED) is 0.656. The molecule has 8 nitrogen and oxygen atoms in total. The molecule has 10 heteroatoms. The van der Waals surface area contributed by atoms with Crippen LogP contribution in [0.5, 0.6) is 0 Å². The highest BCUT2D eigenvalue weighted by Crippen LogP contribution is 2.35. The van der Waals surface area contributed by atoms with Gasteiger partial charge in [-0.3, -0.25) is 19.2 Å². The van der Waals surface area contributed by atoms with Crippen LogP contribution in [0.2, 0.25) is 5.02 Å². The van der Waals surface area contributed by atoms with Crippen LogP contribution in [0, 0.1) is 11.2 Å². The van der Waals surface area contributed by atoms with Gasteiger partial charge in [0.05, 0.1) is 11.3 Å². The second-order valence-electron chi connectivity index (χ2n) is 10.7. The van der Waals surface area contributed by atoms with Crippen LogP contribution in [0.3, 0.4) is 0 Å². The van der Waals surface area contributed by atoms with Crippen LogP contribution < -0.4 is 10.6 Å². The first-order valence-electron chi connectivity index (χ1n) is 12.1. The Morgan fingerprint density at radius 3 is 2.43 bits per heavy atom. The van der Waals surface area contributed by atoms with Gasteiger partial charge < -0.3 is 20.4 Å². The molecule has 0 bridgehead atoms. The van der Waals surface area contributed by atoms with E-state index in [1.54, 1.807) is 17.0 Å². The third-order valence-corrected chi connectivity index (χ3v) is 6.81. The number of hydrogen-bond acceptors (Lipinski definition) is 4. The summed E-state index contributed by atoms with van der Waals surface area (Å²) in [4.78, 5) is 56.7. The first-order valence-corrected chi connectivity index (χ1v) is 12.5. The average Bonchev–Trinajstić information content (AvgIpc) is 3.06. The summed E-state index contributed by atoms with van der Waals surface area (Å²) in [5.74, 6) is -2.20. The standard InChI is InChI=1S/C27H30ClFN4O4/c1-27(2,3)14-24(35)31-9-8-22-26(37)33(15-23(30)34)21-7-4-16(18-6-5-17(28)13-20(18)29)12-19(21)25(36)32(22)11-10-31/h4-7,12-13,22H,8-11,14-15H2,1-3H3,(H2,30,34). The minimum absolute atomic E-state index is 0.0417. The molecule has 2 heterocycles. The zero-order valence-corrected chi connectivity index (χ0v) is 21.8. The highest BCUT2D eigenvalue weighted by Gasteiger charge is 2.42. The molecule has 0 saturated carbocycles. The number of anilines is 1. The van der Waals surface area contributed by atoms with Crippen molar-refractivity contribution < 1.29 is 23.6 Å². The van der Waals surface area contributed by atoms with Crippen molar-refractivity contribution in [3.05, 3.63) is 52.8 Å². The van der Waals surface area contributed by atoms with Gasteiger partial charge in [0.15, 0.2) is 0 Å². The van der Waals surface area contributed by atoms with Crippen LogP contribution in [0.4, 0.5) is 10.1 Å². The van der Waals surface area contributed by atoms with Gasteiger partial charge in [0.1, 0.15) is 18.4 Å². The van der Waals surface area contributed by atoms with Gasteiger partial charge in [-0.2, -0.15) is 0 Å². The monoisotopic (exact) mass is 528 g/mol. The second kappa shape index (κ2) is 10.1. The number of nitrogens with zero attached hydrogens (tertiary/aromatic N) is 3. The van der Waals surface area contributed by atoms with Crippen LogP contribution in [0.25, 0.3) is 11.1 Å². The normalized spacial score (nSPS) is 18.2. The van der Waals surface area contributed by atoms with E-state index in [1.807, 2.05) is 20.8 Å². The van der Waals surface area contributed by atoms with E-state index < -0.39 is 36.1 Å². The second-order valence-corrected chi connectivity index (χ2v) is 11.1. The maximum absolute atomic E-state index is 14.7. The topological polar surface area (TPSA) is 104 Å². The highest BCUT2D eigenvalue weighted by atomic mass is 35.5. The molecule has 2 N–H and O–H groups in total. The smallest absolute Gasteiger partial charge is 0.256 e. The molecule has 1 unspecified atom stereocenters. The fourth-order valence-corrected chi connectivity index (χ4v) is 5.01. The fourth-order valence-electron chi connectivity index (χ4n) is 4.85. The number of primary amides is 1. The molecule has 1 fully saturated rings. The number of nitrogens with two attached hydrogens (primary N) is 1. The molecule has 0 spiro atoms. The van der Waals surface area contributed by atoms with Crippen molar-refractivity contribution in [2.45, 2.75) is 39.7 Å². The van der Waals surface area contributed by atoms with Gasteiger partial charge in [-0.05, 0) is 47.7 Å². The highest BCUT2D eigenvalue weighted by molar-refractivity contribution is 6.30. The van der Waals surface area contributed by atoms with Gasteiger partial charge in [-0.25, -0.2) is 4.39 Å². The molecule has 0 aromatic heterocycles. The van der Waals surface area contributed by atoms with Crippen LogP contribution in [-0.2, 0) is 14.4 Å². The molecule has 2 aliphatic rings. The van der Waals surface area contributed by atoms with Crippen molar-refractivity contribution in [3.8, 4) is 11.1 Å². The lowest BCUT2D eigenvalue weighted by Gasteiger charge is -2.28. The maximum atomic E-state index is 14.7. The summed E-state index contributed by atoms with van der Waals surface area (Å²) >= 11 is 5.89. The first kappa shape index (κ1) is 26.6. The summed E-state index contributed by atoms with van der Waals surface area (Å²) in [6.07, 6.45) is 0.564. The largest absolute Gasteiger partial charge is 0.368 e. The molecule has 4 rings (SSSR count). The van der Waals surface area contributed by atoms with Crippen molar-refractivity contribution in [2.24, 2.45) is 11.1 Å². The molecule has 2 aliphatic heterocycles. The average molecular weight is 529 g/mol. The molecule has 1 saturated heterocycles.